The van der Waals surface area contributed by atoms with Gasteiger partial charge in [0, 0.05) is 6.54 Å². The van der Waals surface area contributed by atoms with E-state index in [0.29, 0.717) is 24.0 Å². The molecule has 0 saturated carbocycles. The van der Waals surface area contributed by atoms with Crippen LogP contribution in [-0.4, -0.2) is 16.1 Å². The molecule has 0 aliphatic rings. The van der Waals surface area contributed by atoms with Crippen molar-refractivity contribution in [1.82, 2.24) is 4.98 Å². The molecule has 110 valence electrons. The summed E-state index contributed by atoms with van der Waals surface area (Å²) in [6.45, 7) is 6.71. The number of carbonyl (C=O) groups is 1. The predicted molar refractivity (Wildman–Crippen MR) is 83.8 cm³/mol. The molecule has 0 radical (unpaired) electrons. The van der Waals surface area contributed by atoms with Crippen LogP contribution in [0.5, 0.6) is 0 Å². The maximum absolute atomic E-state index is 10.9. The molecular weight excluding hydrogens is 264 g/mol. The van der Waals surface area contributed by atoms with Crippen molar-refractivity contribution in [3.05, 3.63) is 58.8 Å². The average Bonchev–Trinajstić information content (AvgIpc) is 2.45. The number of aryl methyl sites for hydroxylation is 1. The van der Waals surface area contributed by atoms with Crippen molar-refractivity contribution < 1.29 is 9.90 Å². The van der Waals surface area contributed by atoms with Gasteiger partial charge in [0.15, 0.2) is 0 Å². The van der Waals surface area contributed by atoms with E-state index in [1.165, 1.54) is 11.1 Å². The molecule has 1 aromatic carbocycles. The first-order chi connectivity index (χ1) is 9.97. The Bertz CT molecular complexity index is 634. The first-order valence-corrected chi connectivity index (χ1v) is 7.01. The van der Waals surface area contributed by atoms with Crippen LogP contribution in [0.1, 0.15) is 46.9 Å². The van der Waals surface area contributed by atoms with Crippen LogP contribution >= 0.6 is 0 Å². The SMILES string of the molecule is Cc1nc(NCc2ccc(C(C)C)cc2)ccc1C(=O)O. The van der Waals surface area contributed by atoms with Crippen molar-refractivity contribution in [3.63, 3.8) is 0 Å². The summed E-state index contributed by atoms with van der Waals surface area (Å²) in [5.74, 6) is 0.265. The summed E-state index contributed by atoms with van der Waals surface area (Å²) in [6.07, 6.45) is 0. The number of rotatable bonds is 5. The molecule has 0 bridgehead atoms. The fourth-order valence-electron chi connectivity index (χ4n) is 2.10. The molecule has 0 unspecified atom stereocenters. The number of nitrogens with zero attached hydrogens (tertiary/aromatic N) is 1. The largest absolute Gasteiger partial charge is 0.478 e. The number of aromatic carboxylic acids is 1. The van der Waals surface area contributed by atoms with Crippen LogP contribution < -0.4 is 5.32 Å². The third kappa shape index (κ3) is 3.81. The highest BCUT2D eigenvalue weighted by molar-refractivity contribution is 5.89. The summed E-state index contributed by atoms with van der Waals surface area (Å²) in [6, 6.07) is 11.7. The normalized spacial score (nSPS) is 10.7. The smallest absolute Gasteiger partial charge is 0.337 e. The van der Waals surface area contributed by atoms with Gasteiger partial charge in [-0.2, -0.15) is 0 Å². The van der Waals surface area contributed by atoms with E-state index in [2.05, 4.69) is 48.4 Å². The van der Waals surface area contributed by atoms with Gasteiger partial charge in [0.05, 0.1) is 11.3 Å². The van der Waals surface area contributed by atoms with Crippen molar-refractivity contribution in [2.45, 2.75) is 33.2 Å². The van der Waals surface area contributed by atoms with Crippen LogP contribution in [0.25, 0.3) is 0 Å². The lowest BCUT2D eigenvalue weighted by atomic mass is 10.0. The minimum absolute atomic E-state index is 0.238. The molecule has 0 fully saturated rings. The van der Waals surface area contributed by atoms with Crippen LogP contribution in [0.3, 0.4) is 0 Å². The van der Waals surface area contributed by atoms with Crippen LogP contribution in [0.4, 0.5) is 5.82 Å². The van der Waals surface area contributed by atoms with Crippen molar-refractivity contribution in [1.29, 1.82) is 0 Å². The maximum Gasteiger partial charge on any atom is 0.337 e. The molecule has 2 aromatic rings. The number of hydrogen-bond donors (Lipinski definition) is 2. The van der Waals surface area contributed by atoms with E-state index in [-0.39, 0.29) is 5.56 Å². The highest BCUT2D eigenvalue weighted by atomic mass is 16.4. The van der Waals surface area contributed by atoms with Crippen molar-refractivity contribution >= 4 is 11.8 Å². The standard InChI is InChI=1S/C17H20N2O2/c1-11(2)14-6-4-13(5-7-14)10-18-16-9-8-15(17(20)21)12(3)19-16/h4-9,11H,10H2,1-3H3,(H,18,19)(H,20,21). The molecular formula is C17H20N2O2. The highest BCUT2D eigenvalue weighted by Gasteiger charge is 2.08. The lowest BCUT2D eigenvalue weighted by Gasteiger charge is -2.09. The van der Waals surface area contributed by atoms with Gasteiger partial charge in [-0.05, 0) is 36.1 Å². The molecule has 2 N–H and O–H groups in total. The van der Waals surface area contributed by atoms with Crippen LogP contribution in [0.2, 0.25) is 0 Å². The predicted octanol–water partition coefficient (Wildman–Crippen LogP) is 3.82. The molecule has 0 amide bonds. The molecule has 1 heterocycles. The highest BCUT2D eigenvalue weighted by Crippen LogP contribution is 2.16. The van der Waals surface area contributed by atoms with Crippen LogP contribution in [-0.2, 0) is 6.54 Å². The second kappa shape index (κ2) is 6.39. The Morgan fingerprint density at radius 3 is 2.38 bits per heavy atom. The van der Waals surface area contributed by atoms with Crippen LogP contribution in [0, 0.1) is 6.92 Å². The van der Waals surface area contributed by atoms with Gasteiger partial charge in [0.25, 0.3) is 0 Å². The Labute approximate surface area is 124 Å². The monoisotopic (exact) mass is 284 g/mol. The zero-order valence-corrected chi connectivity index (χ0v) is 12.6. The zero-order valence-electron chi connectivity index (χ0n) is 12.6. The number of anilines is 1. The first-order valence-electron chi connectivity index (χ1n) is 7.01. The molecule has 0 saturated heterocycles. The quantitative estimate of drug-likeness (QED) is 0.876. The maximum atomic E-state index is 10.9. The van der Waals surface area contributed by atoms with Gasteiger partial charge in [0.1, 0.15) is 5.82 Å². The molecule has 1 aromatic heterocycles. The minimum atomic E-state index is -0.948. The number of benzene rings is 1. The Hall–Kier alpha value is -2.36. The molecule has 0 aliphatic heterocycles. The van der Waals surface area contributed by atoms with E-state index in [1.54, 1.807) is 19.1 Å². The van der Waals surface area contributed by atoms with Gasteiger partial charge in [-0.1, -0.05) is 38.1 Å². The molecule has 2 rings (SSSR count). The number of nitrogens with one attached hydrogen (secondary N) is 1. The number of carboxylic acid groups (broad SMARTS) is 1. The van der Waals surface area contributed by atoms with Gasteiger partial charge in [-0.3, -0.25) is 0 Å². The lowest BCUT2D eigenvalue weighted by molar-refractivity contribution is 0.0695. The molecule has 4 nitrogen and oxygen atoms in total. The summed E-state index contributed by atoms with van der Waals surface area (Å²) in [4.78, 5) is 15.2. The fraction of sp³-hybridized carbons (Fsp3) is 0.294. The van der Waals surface area contributed by atoms with Gasteiger partial charge < -0.3 is 10.4 Å². The zero-order chi connectivity index (χ0) is 15.4. The topological polar surface area (TPSA) is 62.2 Å². The Morgan fingerprint density at radius 2 is 1.86 bits per heavy atom. The third-order valence-electron chi connectivity index (χ3n) is 3.44. The molecule has 21 heavy (non-hydrogen) atoms. The van der Waals surface area contributed by atoms with Crippen molar-refractivity contribution in [3.8, 4) is 0 Å². The van der Waals surface area contributed by atoms with Crippen molar-refractivity contribution in [2.24, 2.45) is 0 Å². The minimum Gasteiger partial charge on any atom is -0.478 e. The molecule has 0 spiro atoms. The average molecular weight is 284 g/mol. The van der Waals surface area contributed by atoms with E-state index >= 15 is 0 Å². The van der Waals surface area contributed by atoms with Gasteiger partial charge in [-0.25, -0.2) is 9.78 Å². The second-order valence-corrected chi connectivity index (χ2v) is 5.38. The summed E-state index contributed by atoms with van der Waals surface area (Å²) in [7, 11) is 0. The van der Waals surface area contributed by atoms with Gasteiger partial charge in [0.2, 0.25) is 0 Å². The van der Waals surface area contributed by atoms with Crippen molar-refractivity contribution in [2.75, 3.05) is 5.32 Å². The fourth-order valence-corrected chi connectivity index (χ4v) is 2.10. The van der Waals surface area contributed by atoms with E-state index in [4.69, 9.17) is 5.11 Å². The summed E-state index contributed by atoms with van der Waals surface area (Å²) < 4.78 is 0. The lowest BCUT2D eigenvalue weighted by Crippen LogP contribution is -2.06. The van der Waals surface area contributed by atoms with E-state index in [9.17, 15) is 4.79 Å². The van der Waals surface area contributed by atoms with E-state index in [0.717, 1.165) is 0 Å². The second-order valence-electron chi connectivity index (χ2n) is 5.38. The summed E-state index contributed by atoms with van der Waals surface area (Å²) >= 11 is 0. The van der Waals surface area contributed by atoms with Gasteiger partial charge in [-0.15, -0.1) is 0 Å². The number of hydrogen-bond acceptors (Lipinski definition) is 3. The number of pyridine rings is 1. The van der Waals surface area contributed by atoms with E-state index < -0.39 is 5.97 Å². The van der Waals surface area contributed by atoms with E-state index in [1.807, 2.05) is 0 Å². The number of carboxylic acids is 1. The first kappa shape index (κ1) is 15.0. The third-order valence-corrected chi connectivity index (χ3v) is 3.44. The Kier molecular flexibility index (Phi) is 4.58. The van der Waals surface area contributed by atoms with Crippen LogP contribution in [0.15, 0.2) is 36.4 Å². The Balaban J connectivity index is 2.03. The summed E-state index contributed by atoms with van der Waals surface area (Å²) in [5, 5.41) is 12.2. The number of aromatic nitrogens is 1. The molecule has 0 atom stereocenters. The molecule has 4 heteroatoms. The molecule has 0 aliphatic carbocycles. The summed E-state index contributed by atoms with van der Waals surface area (Å²) in [5.41, 5.74) is 3.24. The van der Waals surface area contributed by atoms with Gasteiger partial charge >= 0.3 is 5.97 Å². The Morgan fingerprint density at radius 1 is 1.19 bits per heavy atom.